The monoisotopic (exact) mass is 448 g/mol. The number of rotatable bonds is 6. The van der Waals surface area contributed by atoms with Crippen molar-refractivity contribution in [3.05, 3.63) is 95.9 Å². The summed E-state index contributed by atoms with van der Waals surface area (Å²) in [5.74, 6) is 2.89. The molecule has 7 nitrogen and oxygen atoms in total. The van der Waals surface area contributed by atoms with Gasteiger partial charge in [-0.1, -0.05) is 36.4 Å². The predicted octanol–water partition coefficient (Wildman–Crippen LogP) is 5.07. The molecule has 3 aromatic heterocycles. The first-order valence-corrected chi connectivity index (χ1v) is 11.4. The number of nitrogens with zero attached hydrogens (tertiary/aromatic N) is 3. The van der Waals surface area contributed by atoms with Crippen molar-refractivity contribution in [1.29, 1.82) is 0 Å². The SMILES string of the molecule is c1ccc(CNc2ccnc(-c3c[nH]c4nccc(Oc5ccc6c(c5)CNCC6)c34)n2)cc1. The fraction of sp³-hybridized carbons (Fsp3) is 0.148. The maximum Gasteiger partial charge on any atom is 0.163 e. The number of benzene rings is 2. The van der Waals surface area contributed by atoms with Gasteiger partial charge in [0.2, 0.25) is 0 Å². The first-order valence-electron chi connectivity index (χ1n) is 11.4. The molecule has 5 aromatic rings. The Morgan fingerprint density at radius 1 is 0.941 bits per heavy atom. The lowest BCUT2D eigenvalue weighted by Gasteiger charge is -2.18. The minimum Gasteiger partial charge on any atom is -0.457 e. The van der Waals surface area contributed by atoms with Crippen LogP contribution in [0.5, 0.6) is 11.5 Å². The van der Waals surface area contributed by atoms with Crippen LogP contribution in [0.2, 0.25) is 0 Å². The van der Waals surface area contributed by atoms with Crippen molar-refractivity contribution in [1.82, 2.24) is 25.3 Å². The molecule has 0 saturated carbocycles. The van der Waals surface area contributed by atoms with Gasteiger partial charge in [-0.05, 0) is 53.9 Å². The number of aromatic nitrogens is 4. The summed E-state index contributed by atoms with van der Waals surface area (Å²) in [4.78, 5) is 17.0. The second kappa shape index (κ2) is 8.96. The number of aromatic amines is 1. The quantitative estimate of drug-likeness (QED) is 0.336. The van der Waals surface area contributed by atoms with Gasteiger partial charge in [0.25, 0.3) is 0 Å². The van der Waals surface area contributed by atoms with E-state index in [1.54, 1.807) is 12.4 Å². The second-order valence-corrected chi connectivity index (χ2v) is 8.30. The average Bonchev–Trinajstić information content (AvgIpc) is 3.34. The number of hydrogen-bond donors (Lipinski definition) is 3. The van der Waals surface area contributed by atoms with Crippen molar-refractivity contribution in [3.8, 4) is 22.9 Å². The van der Waals surface area contributed by atoms with Crippen molar-refractivity contribution in [2.75, 3.05) is 11.9 Å². The highest BCUT2D eigenvalue weighted by Gasteiger charge is 2.17. The van der Waals surface area contributed by atoms with Gasteiger partial charge >= 0.3 is 0 Å². The molecule has 1 aliphatic rings. The van der Waals surface area contributed by atoms with E-state index >= 15 is 0 Å². The first-order chi connectivity index (χ1) is 16.8. The summed E-state index contributed by atoms with van der Waals surface area (Å²) in [6.45, 7) is 2.57. The molecule has 0 amide bonds. The van der Waals surface area contributed by atoms with E-state index < -0.39 is 0 Å². The van der Waals surface area contributed by atoms with E-state index in [1.807, 2.05) is 42.6 Å². The summed E-state index contributed by atoms with van der Waals surface area (Å²) in [6, 6.07) is 20.3. The number of hydrogen-bond acceptors (Lipinski definition) is 6. The van der Waals surface area contributed by atoms with E-state index in [0.29, 0.717) is 12.4 Å². The molecule has 6 rings (SSSR count). The summed E-state index contributed by atoms with van der Waals surface area (Å²) in [5, 5.41) is 7.66. The molecule has 1 aliphatic heterocycles. The Morgan fingerprint density at radius 3 is 2.79 bits per heavy atom. The Labute approximate surface area is 197 Å². The highest BCUT2D eigenvalue weighted by atomic mass is 16.5. The zero-order chi connectivity index (χ0) is 22.7. The molecule has 0 radical (unpaired) electrons. The van der Waals surface area contributed by atoms with Crippen molar-refractivity contribution >= 4 is 16.9 Å². The Kier molecular flexibility index (Phi) is 5.37. The minimum absolute atomic E-state index is 0.608. The number of nitrogens with one attached hydrogen (secondary N) is 3. The van der Waals surface area contributed by atoms with Crippen LogP contribution in [0.1, 0.15) is 16.7 Å². The van der Waals surface area contributed by atoms with Crippen molar-refractivity contribution in [2.45, 2.75) is 19.5 Å². The standard InChI is InChI=1S/C27H24N6O/c1-2-4-18(5-3-1)15-31-24-10-13-29-26(33-24)22-17-32-27-25(22)23(9-12-30-27)34-21-7-6-19-8-11-28-16-20(19)14-21/h1-7,9-10,12-14,17,28H,8,11,15-16H2,(H,30,32)(H,29,31,33). The van der Waals surface area contributed by atoms with Crippen LogP contribution in [-0.4, -0.2) is 26.5 Å². The topological polar surface area (TPSA) is 87.8 Å². The highest BCUT2D eigenvalue weighted by molar-refractivity contribution is 5.96. The number of anilines is 1. The molecule has 7 heteroatoms. The van der Waals surface area contributed by atoms with Crippen LogP contribution < -0.4 is 15.4 Å². The molecular weight excluding hydrogens is 424 g/mol. The van der Waals surface area contributed by atoms with Crippen LogP contribution in [0.15, 0.2) is 79.3 Å². The summed E-state index contributed by atoms with van der Waals surface area (Å²) < 4.78 is 6.35. The Morgan fingerprint density at radius 2 is 1.85 bits per heavy atom. The molecule has 0 unspecified atom stereocenters. The molecule has 0 atom stereocenters. The third kappa shape index (κ3) is 4.09. The van der Waals surface area contributed by atoms with Gasteiger partial charge in [-0.3, -0.25) is 0 Å². The fourth-order valence-corrected chi connectivity index (χ4v) is 4.31. The molecule has 2 aromatic carbocycles. The van der Waals surface area contributed by atoms with Crippen molar-refractivity contribution in [2.24, 2.45) is 0 Å². The zero-order valence-electron chi connectivity index (χ0n) is 18.6. The molecule has 0 spiro atoms. The van der Waals surface area contributed by atoms with Gasteiger partial charge in [0, 0.05) is 31.7 Å². The number of ether oxygens (including phenoxy) is 1. The Balaban J connectivity index is 1.31. The lowest BCUT2D eigenvalue weighted by molar-refractivity contribution is 0.485. The maximum absolute atomic E-state index is 6.35. The van der Waals surface area contributed by atoms with E-state index in [1.165, 1.54) is 16.7 Å². The molecular formula is C27H24N6O. The van der Waals surface area contributed by atoms with Gasteiger partial charge in [-0.15, -0.1) is 0 Å². The summed E-state index contributed by atoms with van der Waals surface area (Å²) in [6.07, 6.45) is 6.44. The van der Waals surface area contributed by atoms with E-state index in [2.05, 4.69) is 49.9 Å². The van der Waals surface area contributed by atoms with Gasteiger partial charge in [0.15, 0.2) is 5.82 Å². The maximum atomic E-state index is 6.35. The number of fused-ring (bicyclic) bond motifs is 2. The summed E-state index contributed by atoms with van der Waals surface area (Å²) in [7, 11) is 0. The molecule has 34 heavy (non-hydrogen) atoms. The molecule has 3 N–H and O–H groups in total. The van der Waals surface area contributed by atoms with Crippen molar-refractivity contribution < 1.29 is 4.74 Å². The minimum atomic E-state index is 0.608. The molecule has 168 valence electrons. The van der Waals surface area contributed by atoms with Crippen LogP contribution >= 0.6 is 0 Å². The highest BCUT2D eigenvalue weighted by Crippen LogP contribution is 2.36. The van der Waals surface area contributed by atoms with Crippen LogP contribution in [-0.2, 0) is 19.5 Å². The summed E-state index contributed by atoms with van der Waals surface area (Å²) in [5.41, 5.74) is 5.43. The van der Waals surface area contributed by atoms with E-state index in [9.17, 15) is 0 Å². The lowest BCUT2D eigenvalue weighted by atomic mass is 10.0. The largest absolute Gasteiger partial charge is 0.457 e. The molecule has 0 saturated heterocycles. The average molecular weight is 449 g/mol. The van der Waals surface area contributed by atoms with Crippen molar-refractivity contribution in [3.63, 3.8) is 0 Å². The molecule has 0 aliphatic carbocycles. The van der Waals surface area contributed by atoms with E-state index in [4.69, 9.17) is 9.72 Å². The van der Waals surface area contributed by atoms with Gasteiger partial charge in [-0.2, -0.15) is 0 Å². The fourth-order valence-electron chi connectivity index (χ4n) is 4.31. The van der Waals surface area contributed by atoms with Crippen LogP contribution in [0, 0.1) is 0 Å². The lowest BCUT2D eigenvalue weighted by Crippen LogP contribution is -2.23. The summed E-state index contributed by atoms with van der Waals surface area (Å²) >= 11 is 0. The molecule has 0 fully saturated rings. The second-order valence-electron chi connectivity index (χ2n) is 8.30. The van der Waals surface area contributed by atoms with Gasteiger partial charge in [0.1, 0.15) is 23.0 Å². The third-order valence-electron chi connectivity index (χ3n) is 6.04. The normalized spacial score (nSPS) is 12.9. The van der Waals surface area contributed by atoms with Gasteiger partial charge in [-0.25, -0.2) is 15.0 Å². The Bertz CT molecular complexity index is 1450. The van der Waals surface area contributed by atoms with Crippen LogP contribution in [0.4, 0.5) is 5.82 Å². The zero-order valence-corrected chi connectivity index (χ0v) is 18.6. The van der Waals surface area contributed by atoms with Gasteiger partial charge < -0.3 is 20.4 Å². The predicted molar refractivity (Wildman–Crippen MR) is 133 cm³/mol. The van der Waals surface area contributed by atoms with E-state index in [-0.39, 0.29) is 0 Å². The molecule has 0 bridgehead atoms. The number of pyridine rings is 1. The van der Waals surface area contributed by atoms with E-state index in [0.717, 1.165) is 53.4 Å². The third-order valence-corrected chi connectivity index (χ3v) is 6.04. The molecule has 4 heterocycles. The smallest absolute Gasteiger partial charge is 0.163 e. The Hall–Kier alpha value is -4.23. The van der Waals surface area contributed by atoms with Crippen LogP contribution in [0.3, 0.4) is 0 Å². The number of H-pyrrole nitrogens is 1. The first kappa shape index (κ1) is 20.4. The van der Waals surface area contributed by atoms with Gasteiger partial charge in [0.05, 0.1) is 10.9 Å². The van der Waals surface area contributed by atoms with Crippen LogP contribution in [0.25, 0.3) is 22.4 Å².